The highest BCUT2D eigenvalue weighted by Crippen LogP contribution is 2.39. The molecule has 118 valence electrons. The van der Waals surface area contributed by atoms with E-state index in [9.17, 15) is 0 Å². The lowest BCUT2D eigenvalue weighted by Gasteiger charge is -2.16. The molecule has 7 nitrogen and oxygen atoms in total. The van der Waals surface area contributed by atoms with E-state index in [2.05, 4.69) is 31.6 Å². The molecule has 23 heavy (non-hydrogen) atoms. The number of hydrogen-bond donors (Lipinski definition) is 2. The van der Waals surface area contributed by atoms with Gasteiger partial charge in [0.1, 0.15) is 5.52 Å². The third-order valence-corrected chi connectivity index (χ3v) is 4.63. The van der Waals surface area contributed by atoms with Crippen molar-refractivity contribution in [2.24, 2.45) is 0 Å². The molecule has 3 aromatic heterocycles. The second kappa shape index (κ2) is 4.97. The lowest BCUT2D eigenvalue weighted by atomic mass is 10.3. The average Bonchev–Trinajstić information content (AvgIpc) is 3.01. The molecule has 0 atom stereocenters. The normalized spacial score (nSPS) is 18.0. The summed E-state index contributed by atoms with van der Waals surface area (Å²) in [6.45, 7) is 2.06. The zero-order chi connectivity index (χ0) is 15.2. The second-order valence-electron chi connectivity index (χ2n) is 6.40. The first-order chi connectivity index (χ1) is 11.4. The summed E-state index contributed by atoms with van der Waals surface area (Å²) in [6, 6.07) is 6.10. The van der Waals surface area contributed by atoms with E-state index in [4.69, 9.17) is 4.98 Å². The number of anilines is 3. The topological polar surface area (TPSA) is 74.1 Å². The summed E-state index contributed by atoms with van der Waals surface area (Å²) in [7, 11) is 0. The molecule has 3 aromatic rings. The number of nitrogens with one attached hydrogen (secondary N) is 2. The highest BCUT2D eigenvalue weighted by molar-refractivity contribution is 5.73. The van der Waals surface area contributed by atoms with Gasteiger partial charge in [-0.3, -0.25) is 5.10 Å². The predicted molar refractivity (Wildman–Crippen MR) is 88.3 cm³/mol. The van der Waals surface area contributed by atoms with Gasteiger partial charge in [0.2, 0.25) is 5.95 Å². The van der Waals surface area contributed by atoms with E-state index in [0.717, 1.165) is 36.2 Å². The van der Waals surface area contributed by atoms with Gasteiger partial charge in [-0.05, 0) is 37.8 Å². The second-order valence-corrected chi connectivity index (χ2v) is 6.40. The van der Waals surface area contributed by atoms with E-state index in [-0.39, 0.29) is 0 Å². The molecule has 0 aromatic carbocycles. The van der Waals surface area contributed by atoms with Gasteiger partial charge in [-0.15, -0.1) is 5.10 Å². The van der Waals surface area contributed by atoms with Crippen molar-refractivity contribution in [3.63, 3.8) is 0 Å². The number of aromatic amines is 1. The van der Waals surface area contributed by atoms with E-state index in [1.165, 1.54) is 31.4 Å². The van der Waals surface area contributed by atoms with E-state index in [1.54, 1.807) is 0 Å². The molecule has 1 saturated heterocycles. The smallest absolute Gasteiger partial charge is 0.245 e. The predicted octanol–water partition coefficient (Wildman–Crippen LogP) is 2.67. The van der Waals surface area contributed by atoms with E-state index in [0.29, 0.717) is 5.92 Å². The molecule has 2 fully saturated rings. The van der Waals surface area contributed by atoms with Crippen molar-refractivity contribution in [3.05, 3.63) is 30.1 Å². The Labute approximate surface area is 133 Å². The highest BCUT2D eigenvalue weighted by Gasteiger charge is 2.25. The van der Waals surface area contributed by atoms with E-state index < -0.39 is 0 Å². The molecule has 1 aliphatic carbocycles. The quantitative estimate of drug-likeness (QED) is 0.775. The van der Waals surface area contributed by atoms with E-state index >= 15 is 0 Å². The number of aromatic nitrogens is 5. The summed E-state index contributed by atoms with van der Waals surface area (Å²) < 4.78 is 1.89. The van der Waals surface area contributed by atoms with Crippen LogP contribution in [0.15, 0.2) is 24.4 Å². The minimum absolute atomic E-state index is 0.664. The Kier molecular flexibility index (Phi) is 2.79. The van der Waals surface area contributed by atoms with Gasteiger partial charge < -0.3 is 10.2 Å². The third-order valence-electron chi connectivity index (χ3n) is 4.63. The number of H-pyrrole nitrogens is 1. The Morgan fingerprint density at radius 3 is 2.91 bits per heavy atom. The molecular weight excluding hydrogens is 290 g/mol. The maximum Gasteiger partial charge on any atom is 0.245 e. The maximum absolute atomic E-state index is 4.75. The molecule has 4 heterocycles. The minimum atomic E-state index is 0.664. The van der Waals surface area contributed by atoms with Crippen LogP contribution in [0.5, 0.6) is 0 Å². The number of rotatable bonds is 4. The largest absolute Gasteiger partial charge is 0.340 e. The van der Waals surface area contributed by atoms with Gasteiger partial charge in [-0.2, -0.15) is 10.1 Å². The molecule has 0 spiro atoms. The summed E-state index contributed by atoms with van der Waals surface area (Å²) in [5.74, 6) is 3.07. The Hall–Kier alpha value is -2.57. The molecule has 7 heteroatoms. The Morgan fingerprint density at radius 1 is 1.22 bits per heavy atom. The van der Waals surface area contributed by atoms with Crippen molar-refractivity contribution in [2.45, 2.75) is 31.6 Å². The molecule has 0 unspecified atom stereocenters. The SMILES string of the molecule is c1cc2c(Nc3cc(C4CC4)[nH]n3)nc(N3CCCC3)nn2c1. The number of nitrogens with zero attached hydrogens (tertiary/aromatic N) is 5. The minimum Gasteiger partial charge on any atom is -0.340 e. The zero-order valence-corrected chi connectivity index (χ0v) is 12.9. The van der Waals surface area contributed by atoms with Crippen molar-refractivity contribution >= 4 is 23.1 Å². The van der Waals surface area contributed by atoms with E-state index in [1.807, 2.05) is 22.8 Å². The van der Waals surface area contributed by atoms with Crippen molar-refractivity contribution in [2.75, 3.05) is 23.3 Å². The molecular formula is C16H19N7. The number of fused-ring (bicyclic) bond motifs is 1. The first-order valence-corrected chi connectivity index (χ1v) is 8.29. The van der Waals surface area contributed by atoms with Gasteiger partial charge in [0.05, 0.1) is 0 Å². The van der Waals surface area contributed by atoms with Gasteiger partial charge in [0, 0.05) is 37.0 Å². The van der Waals surface area contributed by atoms with Crippen LogP contribution < -0.4 is 10.2 Å². The fourth-order valence-corrected chi connectivity index (χ4v) is 3.19. The monoisotopic (exact) mass is 309 g/mol. The first kappa shape index (κ1) is 12.9. The van der Waals surface area contributed by atoms with Gasteiger partial charge in [0.15, 0.2) is 11.6 Å². The molecule has 2 N–H and O–H groups in total. The van der Waals surface area contributed by atoms with Crippen LogP contribution in [0.2, 0.25) is 0 Å². The molecule has 0 amide bonds. The van der Waals surface area contributed by atoms with Gasteiger partial charge in [-0.25, -0.2) is 4.52 Å². The molecule has 0 radical (unpaired) electrons. The Bertz CT molecular complexity index is 839. The third kappa shape index (κ3) is 2.32. The summed E-state index contributed by atoms with van der Waals surface area (Å²) in [6.07, 6.45) is 6.90. The van der Waals surface area contributed by atoms with Gasteiger partial charge >= 0.3 is 0 Å². The molecule has 1 saturated carbocycles. The first-order valence-electron chi connectivity index (χ1n) is 8.29. The fraction of sp³-hybridized carbons (Fsp3) is 0.438. The van der Waals surface area contributed by atoms with Crippen LogP contribution in [0, 0.1) is 0 Å². The summed E-state index contributed by atoms with van der Waals surface area (Å²) in [5, 5.41) is 15.5. The Balaban J connectivity index is 1.51. The van der Waals surface area contributed by atoms with Crippen molar-refractivity contribution in [1.29, 1.82) is 0 Å². The zero-order valence-electron chi connectivity index (χ0n) is 12.9. The van der Waals surface area contributed by atoms with Crippen LogP contribution in [0.1, 0.15) is 37.3 Å². The van der Waals surface area contributed by atoms with Crippen LogP contribution >= 0.6 is 0 Å². The lowest BCUT2D eigenvalue weighted by Crippen LogP contribution is -2.22. The summed E-state index contributed by atoms with van der Waals surface area (Å²) in [4.78, 5) is 6.99. The van der Waals surface area contributed by atoms with Crippen LogP contribution in [0.4, 0.5) is 17.6 Å². The fourth-order valence-electron chi connectivity index (χ4n) is 3.19. The molecule has 2 aliphatic rings. The van der Waals surface area contributed by atoms with Crippen LogP contribution in [-0.4, -0.2) is 37.9 Å². The van der Waals surface area contributed by atoms with Crippen molar-refractivity contribution in [3.8, 4) is 0 Å². The van der Waals surface area contributed by atoms with Crippen LogP contribution in [0.25, 0.3) is 5.52 Å². The van der Waals surface area contributed by atoms with Crippen molar-refractivity contribution < 1.29 is 0 Å². The van der Waals surface area contributed by atoms with Crippen molar-refractivity contribution in [1.82, 2.24) is 24.8 Å². The molecule has 0 bridgehead atoms. The maximum atomic E-state index is 4.75. The Morgan fingerprint density at radius 2 is 2.09 bits per heavy atom. The lowest BCUT2D eigenvalue weighted by molar-refractivity contribution is 0.826. The standard InChI is InChI=1S/C16H19N7/c1-2-8-22(7-1)16-18-15(13-4-3-9-23(13)21-16)17-14-10-12(19-20-14)11-5-6-11/h3-4,9-11H,1-2,5-8H2,(H2,17,18,19,20,21). The summed E-state index contributed by atoms with van der Waals surface area (Å²) in [5.41, 5.74) is 2.18. The molecule has 5 rings (SSSR count). The van der Waals surface area contributed by atoms with Gasteiger partial charge in [-0.1, -0.05) is 0 Å². The van der Waals surface area contributed by atoms with Crippen LogP contribution in [0.3, 0.4) is 0 Å². The van der Waals surface area contributed by atoms with Crippen LogP contribution in [-0.2, 0) is 0 Å². The average molecular weight is 309 g/mol. The molecule has 1 aliphatic heterocycles. The summed E-state index contributed by atoms with van der Waals surface area (Å²) >= 11 is 0. The highest BCUT2D eigenvalue weighted by atomic mass is 15.4. The number of hydrogen-bond acceptors (Lipinski definition) is 5. The van der Waals surface area contributed by atoms with Gasteiger partial charge in [0.25, 0.3) is 0 Å².